The van der Waals surface area contributed by atoms with Gasteiger partial charge in [0.2, 0.25) is 0 Å². The molecule has 0 heterocycles. The Balaban J connectivity index is 2.54. The van der Waals surface area contributed by atoms with Crippen molar-refractivity contribution in [3.63, 3.8) is 0 Å². The van der Waals surface area contributed by atoms with Gasteiger partial charge in [-0.1, -0.05) is 38.0 Å². The average Bonchev–Trinajstić information content (AvgIpc) is 2.19. The van der Waals surface area contributed by atoms with Gasteiger partial charge in [0, 0.05) is 0 Å². The summed E-state index contributed by atoms with van der Waals surface area (Å²) in [6.07, 6.45) is 4.74. The van der Waals surface area contributed by atoms with Crippen LogP contribution in [0.4, 0.5) is 0 Å². The van der Waals surface area contributed by atoms with Crippen LogP contribution in [0.15, 0.2) is 18.2 Å². The largest absolute Gasteiger partial charge is 0.392 e. The lowest BCUT2D eigenvalue weighted by Crippen LogP contribution is -1.94. The highest BCUT2D eigenvalue weighted by molar-refractivity contribution is 5.25. The smallest absolute Gasteiger partial charge is 0.0684 e. The first kappa shape index (κ1) is 10.3. The van der Waals surface area contributed by atoms with E-state index in [9.17, 15) is 0 Å². The van der Waals surface area contributed by atoms with Crippen LogP contribution in [-0.2, 0) is 13.0 Å². The van der Waals surface area contributed by atoms with E-state index in [1.165, 1.54) is 24.8 Å². The van der Waals surface area contributed by atoms with Crippen molar-refractivity contribution in [2.24, 2.45) is 0 Å². The van der Waals surface area contributed by atoms with Crippen LogP contribution in [0.3, 0.4) is 0 Å². The molecule has 0 fully saturated rings. The van der Waals surface area contributed by atoms with Crippen molar-refractivity contribution in [1.29, 1.82) is 0 Å². The minimum Gasteiger partial charge on any atom is -0.392 e. The Bertz CT molecular complexity index is 243. The topological polar surface area (TPSA) is 20.2 Å². The first-order valence-electron chi connectivity index (χ1n) is 4.97. The van der Waals surface area contributed by atoms with Gasteiger partial charge >= 0.3 is 0 Å². The Hall–Kier alpha value is -0.820. The zero-order valence-electron chi connectivity index (χ0n) is 8.21. The van der Waals surface area contributed by atoms with Crippen LogP contribution >= 0.6 is 0 Å². The number of benzene rings is 1. The van der Waals surface area contributed by atoms with E-state index in [1.54, 1.807) is 0 Å². The quantitative estimate of drug-likeness (QED) is 0.686. The molecule has 0 unspecified atom stereocenters. The predicted octanol–water partition coefficient (Wildman–Crippen LogP) is 2.71. The van der Waals surface area contributed by atoms with Crippen LogP contribution in [0.25, 0.3) is 0 Å². The van der Waals surface area contributed by atoms with Crippen molar-refractivity contribution in [3.8, 4) is 0 Å². The van der Waals surface area contributed by atoms with E-state index >= 15 is 0 Å². The van der Waals surface area contributed by atoms with Crippen molar-refractivity contribution in [1.82, 2.24) is 0 Å². The summed E-state index contributed by atoms with van der Waals surface area (Å²) in [4.78, 5) is 0. The van der Waals surface area contributed by atoms with E-state index in [0.29, 0.717) is 0 Å². The Labute approximate surface area is 80.4 Å². The molecule has 0 aromatic heterocycles. The fourth-order valence-electron chi connectivity index (χ4n) is 1.44. The van der Waals surface area contributed by atoms with E-state index in [1.807, 2.05) is 18.2 Å². The van der Waals surface area contributed by atoms with Crippen LogP contribution < -0.4 is 0 Å². The number of rotatable bonds is 5. The third kappa shape index (κ3) is 3.19. The van der Waals surface area contributed by atoms with Gasteiger partial charge in [-0.15, -0.1) is 0 Å². The number of aliphatic hydroxyl groups is 1. The van der Waals surface area contributed by atoms with Crippen molar-refractivity contribution in [3.05, 3.63) is 35.4 Å². The van der Waals surface area contributed by atoms with Crippen LogP contribution in [0, 0.1) is 6.07 Å². The molecule has 0 saturated heterocycles. The second-order valence-electron chi connectivity index (χ2n) is 3.29. The Kier molecular flexibility index (Phi) is 4.55. The molecule has 1 aromatic rings. The first-order valence-corrected chi connectivity index (χ1v) is 4.97. The monoisotopic (exact) mass is 177 g/mol. The minimum absolute atomic E-state index is 0.138. The van der Waals surface area contributed by atoms with E-state index in [2.05, 4.69) is 13.0 Å². The number of hydrogen-bond donors (Lipinski definition) is 1. The van der Waals surface area contributed by atoms with Crippen LogP contribution in [0.5, 0.6) is 0 Å². The van der Waals surface area contributed by atoms with Gasteiger partial charge in [0.25, 0.3) is 0 Å². The lowest BCUT2D eigenvalue weighted by Gasteiger charge is -2.05. The van der Waals surface area contributed by atoms with Crippen molar-refractivity contribution in [2.45, 2.75) is 39.2 Å². The van der Waals surface area contributed by atoms with E-state index in [4.69, 9.17) is 5.11 Å². The standard InChI is InChI=1S/C12H17O/c1-2-3-4-7-11-8-5-6-9-12(11)10-13/h5-6,9,13H,2-4,7,10H2,1H3. The van der Waals surface area contributed by atoms with Gasteiger partial charge in [-0.2, -0.15) is 0 Å². The number of aryl methyl sites for hydroxylation is 1. The third-order valence-electron chi connectivity index (χ3n) is 2.24. The van der Waals surface area contributed by atoms with Crippen LogP contribution in [0.1, 0.15) is 37.3 Å². The Morgan fingerprint density at radius 2 is 2.23 bits per heavy atom. The van der Waals surface area contributed by atoms with Gasteiger partial charge in [-0.05, 0) is 30.0 Å². The van der Waals surface area contributed by atoms with Crippen LogP contribution in [-0.4, -0.2) is 5.11 Å². The molecule has 0 aliphatic rings. The van der Waals surface area contributed by atoms with Gasteiger partial charge in [-0.3, -0.25) is 0 Å². The highest BCUT2D eigenvalue weighted by atomic mass is 16.3. The first-order chi connectivity index (χ1) is 6.38. The summed E-state index contributed by atoms with van der Waals surface area (Å²) in [5, 5.41) is 9.05. The Morgan fingerprint density at radius 3 is 2.92 bits per heavy atom. The molecule has 0 saturated carbocycles. The van der Waals surface area contributed by atoms with Crippen molar-refractivity contribution in [2.75, 3.05) is 0 Å². The molecule has 1 aromatic carbocycles. The van der Waals surface area contributed by atoms with E-state index in [-0.39, 0.29) is 6.61 Å². The maximum absolute atomic E-state index is 9.05. The van der Waals surface area contributed by atoms with Crippen molar-refractivity contribution < 1.29 is 5.11 Å². The maximum atomic E-state index is 9.05. The maximum Gasteiger partial charge on any atom is 0.0684 e. The molecule has 0 aliphatic heterocycles. The molecule has 0 aliphatic carbocycles. The second kappa shape index (κ2) is 5.76. The summed E-state index contributed by atoms with van der Waals surface area (Å²) in [7, 11) is 0. The fraction of sp³-hybridized carbons (Fsp3) is 0.500. The molecule has 71 valence electrons. The molecule has 1 N–H and O–H groups in total. The SMILES string of the molecule is CCCCCc1[c]cccc1CO. The highest BCUT2D eigenvalue weighted by Crippen LogP contribution is 2.11. The molecular formula is C12H17O. The molecule has 0 bridgehead atoms. The molecule has 1 radical (unpaired) electrons. The third-order valence-corrected chi connectivity index (χ3v) is 2.24. The van der Waals surface area contributed by atoms with Gasteiger partial charge in [0.05, 0.1) is 6.61 Å². The summed E-state index contributed by atoms with van der Waals surface area (Å²) in [5.41, 5.74) is 2.21. The molecule has 0 spiro atoms. The molecule has 0 amide bonds. The molecular weight excluding hydrogens is 160 g/mol. The Morgan fingerprint density at radius 1 is 1.38 bits per heavy atom. The van der Waals surface area contributed by atoms with Gasteiger partial charge in [0.15, 0.2) is 0 Å². The molecule has 1 rings (SSSR count). The molecule has 1 heteroatoms. The summed E-state index contributed by atoms with van der Waals surface area (Å²) in [6.45, 7) is 2.33. The lowest BCUT2D eigenvalue weighted by atomic mass is 10.0. The minimum atomic E-state index is 0.138. The normalized spacial score (nSPS) is 10.3. The summed E-state index contributed by atoms with van der Waals surface area (Å²) < 4.78 is 0. The van der Waals surface area contributed by atoms with Gasteiger partial charge in [0.1, 0.15) is 0 Å². The van der Waals surface area contributed by atoms with Gasteiger partial charge in [-0.25, -0.2) is 0 Å². The van der Waals surface area contributed by atoms with Crippen LogP contribution in [0.2, 0.25) is 0 Å². The van der Waals surface area contributed by atoms with E-state index < -0.39 is 0 Å². The zero-order chi connectivity index (χ0) is 9.52. The molecule has 0 atom stereocenters. The molecule has 13 heavy (non-hydrogen) atoms. The fourth-order valence-corrected chi connectivity index (χ4v) is 1.44. The number of unbranched alkanes of at least 4 members (excludes halogenated alkanes) is 2. The number of aliphatic hydroxyl groups excluding tert-OH is 1. The van der Waals surface area contributed by atoms with Gasteiger partial charge < -0.3 is 5.11 Å². The second-order valence-corrected chi connectivity index (χ2v) is 3.29. The average molecular weight is 177 g/mol. The van der Waals surface area contributed by atoms with E-state index in [0.717, 1.165) is 12.0 Å². The number of hydrogen-bond acceptors (Lipinski definition) is 1. The predicted molar refractivity (Wildman–Crippen MR) is 54.4 cm³/mol. The van der Waals surface area contributed by atoms with Crippen molar-refractivity contribution >= 4 is 0 Å². The highest BCUT2D eigenvalue weighted by Gasteiger charge is 1.99. The molecule has 1 nitrogen and oxygen atoms in total. The lowest BCUT2D eigenvalue weighted by molar-refractivity contribution is 0.280. The summed E-state index contributed by atoms with van der Waals surface area (Å²) in [6, 6.07) is 9.00. The zero-order valence-corrected chi connectivity index (χ0v) is 8.21. The summed E-state index contributed by atoms with van der Waals surface area (Å²) >= 11 is 0. The summed E-state index contributed by atoms with van der Waals surface area (Å²) in [5.74, 6) is 0.